The molecule has 0 N–H and O–H groups in total. The molecule has 1 unspecified atom stereocenters. The van der Waals surface area contributed by atoms with Crippen molar-refractivity contribution < 1.29 is 4.39 Å². The van der Waals surface area contributed by atoms with Crippen molar-refractivity contribution in [1.29, 1.82) is 0 Å². The Bertz CT molecular complexity index is 549. The van der Waals surface area contributed by atoms with Crippen LogP contribution in [-0.2, 0) is 6.42 Å². The minimum Gasteiger partial charge on any atom is -0.207 e. The van der Waals surface area contributed by atoms with Crippen molar-refractivity contribution in [3.63, 3.8) is 0 Å². The van der Waals surface area contributed by atoms with Gasteiger partial charge in [0, 0.05) is 4.83 Å². The Hall–Kier alpha value is -1.15. The summed E-state index contributed by atoms with van der Waals surface area (Å²) in [6.07, 6.45) is 0.664. The Morgan fingerprint density at radius 2 is 1.83 bits per heavy atom. The Morgan fingerprint density at radius 3 is 2.56 bits per heavy atom. The van der Waals surface area contributed by atoms with E-state index in [1.165, 1.54) is 22.8 Å². The van der Waals surface area contributed by atoms with Crippen LogP contribution in [-0.4, -0.2) is 0 Å². The fourth-order valence-corrected chi connectivity index (χ4v) is 2.91. The molecule has 0 saturated heterocycles. The maximum absolute atomic E-state index is 13.6. The summed E-state index contributed by atoms with van der Waals surface area (Å²) in [5.74, 6) is -0.132. The zero-order valence-corrected chi connectivity index (χ0v) is 12.2. The van der Waals surface area contributed by atoms with E-state index >= 15 is 0 Å². The van der Waals surface area contributed by atoms with Gasteiger partial charge in [-0.1, -0.05) is 57.9 Å². The minimum atomic E-state index is -0.132. The van der Waals surface area contributed by atoms with Crippen LogP contribution < -0.4 is 0 Å². The molecule has 2 aromatic rings. The molecule has 2 heteroatoms. The molecule has 0 aliphatic carbocycles. The Labute approximate surface area is 116 Å². The fraction of sp³-hybridized carbons (Fsp3) is 0.250. The van der Waals surface area contributed by atoms with Gasteiger partial charge in [0.05, 0.1) is 0 Å². The van der Waals surface area contributed by atoms with Gasteiger partial charge in [0.15, 0.2) is 0 Å². The van der Waals surface area contributed by atoms with E-state index in [-0.39, 0.29) is 10.6 Å². The van der Waals surface area contributed by atoms with Crippen LogP contribution >= 0.6 is 15.9 Å². The third-order valence-corrected chi connectivity index (χ3v) is 3.95. The van der Waals surface area contributed by atoms with Crippen LogP contribution in [0.15, 0.2) is 42.5 Å². The average molecular weight is 307 g/mol. The van der Waals surface area contributed by atoms with E-state index in [9.17, 15) is 4.39 Å². The summed E-state index contributed by atoms with van der Waals surface area (Å²) in [6, 6.07) is 13.3. The molecule has 2 aromatic carbocycles. The first-order chi connectivity index (χ1) is 8.58. The Kier molecular flexibility index (Phi) is 4.18. The smallest absolute Gasteiger partial charge is 0.126 e. The second kappa shape index (κ2) is 5.66. The predicted octanol–water partition coefficient (Wildman–Crippen LogP) is 5.12. The van der Waals surface area contributed by atoms with Crippen LogP contribution in [0.25, 0.3) is 0 Å². The van der Waals surface area contributed by atoms with Crippen molar-refractivity contribution >= 4 is 15.9 Å². The molecule has 0 saturated carbocycles. The van der Waals surface area contributed by atoms with Gasteiger partial charge in [-0.15, -0.1) is 0 Å². The van der Waals surface area contributed by atoms with E-state index in [4.69, 9.17) is 0 Å². The maximum Gasteiger partial charge on any atom is 0.126 e. The number of rotatable bonds is 3. The topological polar surface area (TPSA) is 0 Å². The fourth-order valence-electron chi connectivity index (χ4n) is 2.06. The van der Waals surface area contributed by atoms with Crippen LogP contribution in [0.1, 0.15) is 27.1 Å². The molecular weight excluding hydrogens is 291 g/mol. The lowest BCUT2D eigenvalue weighted by Crippen LogP contribution is -2.00. The summed E-state index contributed by atoms with van der Waals surface area (Å²) in [5, 5.41) is 0. The van der Waals surface area contributed by atoms with Gasteiger partial charge in [-0.25, -0.2) is 4.39 Å². The monoisotopic (exact) mass is 306 g/mol. The summed E-state index contributed by atoms with van der Waals surface area (Å²) in [4.78, 5) is 0.147. The quantitative estimate of drug-likeness (QED) is 0.690. The Balaban J connectivity index is 2.25. The molecule has 0 nitrogen and oxygen atoms in total. The molecular formula is C16H16BrF. The number of aryl methyl sites for hydroxylation is 2. The number of hydrogen-bond donors (Lipinski definition) is 0. The highest BCUT2D eigenvalue weighted by Gasteiger charge is 2.13. The third-order valence-electron chi connectivity index (χ3n) is 3.13. The second-order valence-corrected chi connectivity index (χ2v) is 5.73. The largest absolute Gasteiger partial charge is 0.207 e. The summed E-state index contributed by atoms with van der Waals surface area (Å²) < 4.78 is 13.6. The average Bonchev–Trinajstić information content (AvgIpc) is 2.35. The first-order valence-corrected chi connectivity index (χ1v) is 6.94. The van der Waals surface area contributed by atoms with E-state index in [2.05, 4.69) is 48.0 Å². The molecule has 1 atom stereocenters. The van der Waals surface area contributed by atoms with Gasteiger partial charge in [0.2, 0.25) is 0 Å². The SMILES string of the molecule is Cc1ccc(C)c(C(Br)Cc2ccccc2F)c1. The number of benzene rings is 2. The van der Waals surface area contributed by atoms with Crippen molar-refractivity contribution in [2.24, 2.45) is 0 Å². The third kappa shape index (κ3) is 2.99. The zero-order valence-electron chi connectivity index (χ0n) is 10.6. The van der Waals surface area contributed by atoms with Gasteiger partial charge >= 0.3 is 0 Å². The van der Waals surface area contributed by atoms with Crippen LogP contribution in [0.4, 0.5) is 4.39 Å². The lowest BCUT2D eigenvalue weighted by atomic mass is 9.98. The number of alkyl halides is 1. The van der Waals surface area contributed by atoms with Gasteiger partial charge < -0.3 is 0 Å². The zero-order chi connectivity index (χ0) is 13.1. The number of halogens is 2. The summed E-state index contributed by atoms with van der Waals surface area (Å²) in [6.45, 7) is 4.16. The van der Waals surface area contributed by atoms with E-state index in [0.29, 0.717) is 6.42 Å². The van der Waals surface area contributed by atoms with Crippen LogP contribution in [0.5, 0.6) is 0 Å². The molecule has 94 valence electrons. The van der Waals surface area contributed by atoms with Gasteiger partial charge in [0.25, 0.3) is 0 Å². The molecule has 0 fully saturated rings. The molecule has 0 aromatic heterocycles. The second-order valence-electron chi connectivity index (χ2n) is 4.62. The first-order valence-electron chi connectivity index (χ1n) is 6.02. The normalized spacial score (nSPS) is 12.4. The predicted molar refractivity (Wildman–Crippen MR) is 77.7 cm³/mol. The molecule has 0 radical (unpaired) electrons. The van der Waals surface area contributed by atoms with E-state index in [1.807, 2.05) is 12.1 Å². The van der Waals surface area contributed by atoms with Crippen LogP contribution in [0.2, 0.25) is 0 Å². The molecule has 0 heterocycles. The van der Waals surface area contributed by atoms with Gasteiger partial charge in [0.1, 0.15) is 5.82 Å². The van der Waals surface area contributed by atoms with E-state index < -0.39 is 0 Å². The molecule has 0 spiro atoms. The lowest BCUT2D eigenvalue weighted by molar-refractivity contribution is 0.608. The van der Waals surface area contributed by atoms with Crippen molar-refractivity contribution in [3.8, 4) is 0 Å². The van der Waals surface area contributed by atoms with Crippen molar-refractivity contribution in [3.05, 3.63) is 70.5 Å². The first kappa shape index (κ1) is 13.3. The van der Waals surface area contributed by atoms with Gasteiger partial charge in [-0.3, -0.25) is 0 Å². The van der Waals surface area contributed by atoms with E-state index in [0.717, 1.165) is 5.56 Å². The summed E-state index contributed by atoms with van der Waals surface area (Å²) >= 11 is 3.68. The Morgan fingerprint density at radius 1 is 1.11 bits per heavy atom. The highest BCUT2D eigenvalue weighted by atomic mass is 79.9. The van der Waals surface area contributed by atoms with Crippen molar-refractivity contribution in [1.82, 2.24) is 0 Å². The van der Waals surface area contributed by atoms with Gasteiger partial charge in [-0.2, -0.15) is 0 Å². The maximum atomic E-state index is 13.6. The highest BCUT2D eigenvalue weighted by Crippen LogP contribution is 2.30. The molecule has 0 amide bonds. The summed E-state index contributed by atoms with van der Waals surface area (Å²) in [7, 11) is 0. The van der Waals surface area contributed by atoms with Crippen LogP contribution in [0.3, 0.4) is 0 Å². The highest BCUT2D eigenvalue weighted by molar-refractivity contribution is 9.09. The van der Waals surface area contributed by atoms with Gasteiger partial charge in [-0.05, 0) is 43.0 Å². The van der Waals surface area contributed by atoms with E-state index in [1.54, 1.807) is 6.07 Å². The van der Waals surface area contributed by atoms with Crippen molar-refractivity contribution in [2.75, 3.05) is 0 Å². The molecule has 0 aliphatic heterocycles. The molecule has 0 bridgehead atoms. The standard InChI is InChI=1S/C16H16BrF/c1-11-7-8-12(2)14(9-11)15(17)10-13-5-3-4-6-16(13)18/h3-9,15H,10H2,1-2H3. The number of hydrogen-bond acceptors (Lipinski definition) is 0. The summed E-state index contributed by atoms with van der Waals surface area (Å²) in [5.41, 5.74) is 4.45. The molecule has 0 aliphatic rings. The van der Waals surface area contributed by atoms with Crippen LogP contribution in [0, 0.1) is 19.7 Å². The van der Waals surface area contributed by atoms with Crippen molar-refractivity contribution in [2.45, 2.75) is 25.1 Å². The minimum absolute atomic E-state index is 0.132. The molecule has 18 heavy (non-hydrogen) atoms. The lowest BCUT2D eigenvalue weighted by Gasteiger charge is -2.14. The molecule has 2 rings (SSSR count).